The third kappa shape index (κ3) is 6.23. The standard InChI is InChI=1S/C75H43N7/c76-44-45-31-33-47(34-32-45)73-72-61-23-13-15-46-16-14-24-62(71(46)61)74(72)78-75(77-73)48-39-51(81-67-29-11-5-21-57(67)59-37-35-49(42-69(59)81)79-63-25-7-1-17-53(63)54-18-2-8-26-64(54)79)41-52(40-48)82-68-30-12-6-22-58(68)60-38-36-50(43-70(60)82)80-65-27-9-3-19-55(65)56-20-4-10-28-66(56)80/h1-43H. The molecule has 0 fully saturated rings. The minimum absolute atomic E-state index is 0.595. The van der Waals surface area contributed by atoms with Crippen LogP contribution in [0.5, 0.6) is 0 Å². The molecule has 0 N–H and O–H groups in total. The maximum absolute atomic E-state index is 9.95. The van der Waals surface area contributed by atoms with Gasteiger partial charge in [0.15, 0.2) is 5.82 Å². The zero-order chi connectivity index (χ0) is 53.7. The van der Waals surface area contributed by atoms with Gasteiger partial charge in [0, 0.05) is 88.1 Å². The summed E-state index contributed by atoms with van der Waals surface area (Å²) < 4.78 is 9.70. The lowest BCUT2D eigenvalue weighted by molar-refractivity contribution is 1.11. The summed E-state index contributed by atoms with van der Waals surface area (Å²) in [4.78, 5) is 11.4. The molecule has 18 rings (SSSR count). The number of rotatable bonds is 6. The van der Waals surface area contributed by atoms with Gasteiger partial charge in [-0.3, -0.25) is 0 Å². The van der Waals surface area contributed by atoms with Crippen LogP contribution in [0.25, 0.3) is 166 Å². The van der Waals surface area contributed by atoms with Crippen LogP contribution in [0.1, 0.15) is 5.56 Å². The van der Waals surface area contributed by atoms with Gasteiger partial charge in [0.1, 0.15) is 0 Å². The molecule has 17 aromatic rings. The SMILES string of the molecule is N#Cc1ccc(-c2nc(-c3cc(-n4c5ccccc5c5ccc(-n6c7ccccc7c7ccccc76)cc54)cc(-n4c5ccccc5c5ccc(-n6c7ccccc7c7ccccc76)cc54)c3)nc3c2-c2cccc4cccc-3c24)cc1. The Bertz CT molecular complexity index is 5300. The summed E-state index contributed by atoms with van der Waals surface area (Å²) in [7, 11) is 0. The molecular weight excluding hydrogens is 999 g/mol. The molecule has 0 aliphatic heterocycles. The van der Waals surface area contributed by atoms with Gasteiger partial charge in [-0.2, -0.15) is 5.26 Å². The number of nitriles is 1. The van der Waals surface area contributed by atoms with Crippen LogP contribution in [0.3, 0.4) is 0 Å². The minimum atomic E-state index is 0.595. The summed E-state index contributed by atoms with van der Waals surface area (Å²) >= 11 is 0. The van der Waals surface area contributed by atoms with E-state index in [1.54, 1.807) is 0 Å². The Morgan fingerprint density at radius 3 is 1.12 bits per heavy atom. The van der Waals surface area contributed by atoms with Crippen molar-refractivity contribution in [3.63, 3.8) is 0 Å². The van der Waals surface area contributed by atoms with Gasteiger partial charge in [0.25, 0.3) is 0 Å². The smallest absolute Gasteiger partial charge is 0.160 e. The Morgan fingerprint density at radius 1 is 0.293 bits per heavy atom. The van der Waals surface area contributed by atoms with Gasteiger partial charge in [0.05, 0.1) is 67.2 Å². The van der Waals surface area contributed by atoms with E-state index in [4.69, 9.17) is 9.97 Å². The van der Waals surface area contributed by atoms with E-state index >= 15 is 0 Å². The molecule has 1 aliphatic carbocycles. The molecule has 378 valence electrons. The first-order valence-electron chi connectivity index (χ1n) is 27.8. The highest BCUT2D eigenvalue weighted by Gasteiger charge is 2.29. The molecule has 1 aliphatic rings. The van der Waals surface area contributed by atoms with E-state index < -0.39 is 0 Å². The lowest BCUT2D eigenvalue weighted by Crippen LogP contribution is -2.03. The second kappa shape index (κ2) is 16.8. The van der Waals surface area contributed by atoms with Crippen molar-refractivity contribution in [2.24, 2.45) is 0 Å². The van der Waals surface area contributed by atoms with Crippen molar-refractivity contribution in [3.05, 3.63) is 266 Å². The molecule has 0 atom stereocenters. The van der Waals surface area contributed by atoms with E-state index in [9.17, 15) is 5.26 Å². The molecule has 7 nitrogen and oxygen atoms in total. The fraction of sp³-hybridized carbons (Fsp3) is 0. The fourth-order valence-corrected chi connectivity index (χ4v) is 13.8. The summed E-state index contributed by atoms with van der Waals surface area (Å²) in [5, 5.41) is 21.8. The number of hydrogen-bond acceptors (Lipinski definition) is 3. The molecule has 0 bridgehead atoms. The van der Waals surface area contributed by atoms with Crippen molar-refractivity contribution in [1.29, 1.82) is 5.26 Å². The highest BCUT2D eigenvalue weighted by Crippen LogP contribution is 2.51. The average Bonchev–Trinajstić information content (AvgIpc) is 3.13. The molecule has 82 heavy (non-hydrogen) atoms. The largest absolute Gasteiger partial charge is 0.309 e. The van der Waals surface area contributed by atoms with E-state index in [-0.39, 0.29) is 0 Å². The van der Waals surface area contributed by atoms with Crippen molar-refractivity contribution in [2.75, 3.05) is 0 Å². The first-order valence-corrected chi connectivity index (χ1v) is 27.8. The van der Waals surface area contributed by atoms with E-state index in [2.05, 4.69) is 261 Å². The molecule has 5 heterocycles. The number of benzene rings is 12. The van der Waals surface area contributed by atoms with E-state index in [0.29, 0.717) is 11.4 Å². The quantitative estimate of drug-likeness (QED) is 0.167. The maximum atomic E-state index is 9.95. The van der Waals surface area contributed by atoms with Gasteiger partial charge < -0.3 is 18.3 Å². The predicted molar refractivity (Wildman–Crippen MR) is 337 cm³/mol. The van der Waals surface area contributed by atoms with Gasteiger partial charge in [-0.25, -0.2) is 9.97 Å². The zero-order valence-electron chi connectivity index (χ0n) is 44.0. The fourth-order valence-electron chi connectivity index (χ4n) is 13.8. The first kappa shape index (κ1) is 44.6. The lowest BCUT2D eigenvalue weighted by atomic mass is 9.99. The molecular formula is C75H43N7. The Morgan fingerprint density at radius 2 is 0.683 bits per heavy atom. The molecule has 0 spiro atoms. The highest BCUT2D eigenvalue weighted by atomic mass is 15.0. The van der Waals surface area contributed by atoms with Crippen molar-refractivity contribution in [3.8, 4) is 73.8 Å². The molecule has 5 aromatic heterocycles. The zero-order valence-corrected chi connectivity index (χ0v) is 44.0. The van der Waals surface area contributed by atoms with Gasteiger partial charge in [-0.05, 0) is 107 Å². The normalized spacial score (nSPS) is 12.1. The molecule has 0 saturated carbocycles. The van der Waals surface area contributed by atoms with Crippen LogP contribution in [0, 0.1) is 11.3 Å². The highest BCUT2D eigenvalue weighted by molar-refractivity contribution is 6.18. The van der Waals surface area contributed by atoms with Gasteiger partial charge in [-0.1, -0.05) is 170 Å². The molecule has 0 unspecified atom stereocenters. The summed E-state index contributed by atoms with van der Waals surface area (Å²) in [5.41, 5.74) is 20.3. The first-order chi connectivity index (χ1) is 40.6. The van der Waals surface area contributed by atoms with Crippen LogP contribution in [0.15, 0.2) is 261 Å². The Kier molecular flexibility index (Phi) is 9.17. The minimum Gasteiger partial charge on any atom is -0.309 e. The summed E-state index contributed by atoms with van der Waals surface area (Å²) in [5.74, 6) is 0.601. The topological polar surface area (TPSA) is 69.3 Å². The van der Waals surface area contributed by atoms with Crippen molar-refractivity contribution < 1.29 is 0 Å². The molecule has 12 aromatic carbocycles. The third-order valence-electron chi connectivity index (χ3n) is 17.3. The van der Waals surface area contributed by atoms with Gasteiger partial charge in [0.2, 0.25) is 0 Å². The van der Waals surface area contributed by atoms with Crippen LogP contribution >= 0.6 is 0 Å². The van der Waals surface area contributed by atoms with E-state index in [1.165, 1.54) is 26.9 Å². The van der Waals surface area contributed by atoms with Crippen molar-refractivity contribution >= 4 is 98.0 Å². The van der Waals surface area contributed by atoms with E-state index in [1.807, 2.05) is 24.3 Å². The van der Waals surface area contributed by atoms with Crippen LogP contribution < -0.4 is 0 Å². The molecule has 7 heteroatoms. The monoisotopic (exact) mass is 1040 g/mol. The summed E-state index contributed by atoms with van der Waals surface area (Å²) in [6.45, 7) is 0. The second-order valence-electron chi connectivity index (χ2n) is 21.6. The number of nitrogens with zero attached hydrogens (tertiary/aromatic N) is 7. The average molecular weight is 1040 g/mol. The molecule has 0 saturated heterocycles. The Balaban J connectivity index is 0.951. The Labute approximate surface area is 469 Å². The number of hydrogen-bond donors (Lipinski definition) is 0. The molecule has 0 radical (unpaired) electrons. The van der Waals surface area contributed by atoms with Crippen molar-refractivity contribution in [1.82, 2.24) is 28.2 Å². The number of fused-ring (bicyclic) bond motifs is 15. The van der Waals surface area contributed by atoms with Crippen molar-refractivity contribution in [2.45, 2.75) is 0 Å². The van der Waals surface area contributed by atoms with E-state index in [0.717, 1.165) is 133 Å². The van der Waals surface area contributed by atoms with Crippen LogP contribution in [-0.4, -0.2) is 28.2 Å². The molecule has 0 amide bonds. The third-order valence-corrected chi connectivity index (χ3v) is 17.3. The number of aromatic nitrogens is 6. The predicted octanol–water partition coefficient (Wildman–Crippen LogP) is 18.9. The number of para-hydroxylation sites is 6. The van der Waals surface area contributed by atoms with Crippen LogP contribution in [-0.2, 0) is 0 Å². The van der Waals surface area contributed by atoms with Gasteiger partial charge >= 0.3 is 0 Å². The summed E-state index contributed by atoms with van der Waals surface area (Å²) in [6, 6.07) is 96.3. The van der Waals surface area contributed by atoms with Crippen LogP contribution in [0.4, 0.5) is 0 Å². The van der Waals surface area contributed by atoms with Gasteiger partial charge in [-0.15, -0.1) is 0 Å². The summed E-state index contributed by atoms with van der Waals surface area (Å²) in [6.07, 6.45) is 0. The second-order valence-corrected chi connectivity index (χ2v) is 21.6. The Hall–Kier alpha value is -11.3. The lowest BCUT2D eigenvalue weighted by Gasteiger charge is -2.17. The maximum Gasteiger partial charge on any atom is 0.160 e. The van der Waals surface area contributed by atoms with Crippen LogP contribution in [0.2, 0.25) is 0 Å².